The average molecular weight is 388 g/mol. The molecule has 4 rings (SSSR count). The molecule has 1 nitrogen and oxygen atoms in total. The molecule has 0 saturated heterocycles. The third kappa shape index (κ3) is 3.42. The highest BCUT2D eigenvalue weighted by molar-refractivity contribution is 5.25. The van der Waals surface area contributed by atoms with Gasteiger partial charge in [0.15, 0.2) is 0 Å². The maximum atomic E-state index is 10.3. The van der Waals surface area contributed by atoms with E-state index in [1.54, 1.807) is 0 Å². The topological polar surface area (TPSA) is 20.2 Å². The van der Waals surface area contributed by atoms with Gasteiger partial charge in [-0.2, -0.15) is 0 Å². The number of aliphatic hydroxyl groups is 1. The monoisotopic (exact) mass is 387 g/mol. The standard InChI is InChI=1S/C27H46O/c1-18(2)7-6-8-19(3)23-11-12-24-22-10-9-20-17-21(28)13-15-26(20,4)25(22)14-16-27(23,24)5/h9,18-19,21-25,28H,6-8,10-17H2,1-5H3/t19-,21?,22+,23-,24+,25+,26+,27-/m1/s1/i21D. The van der Waals surface area contributed by atoms with Gasteiger partial charge in [-0.05, 0) is 97.7 Å². The van der Waals surface area contributed by atoms with Gasteiger partial charge in [-0.25, -0.2) is 0 Å². The van der Waals surface area contributed by atoms with Gasteiger partial charge in [0.05, 0.1) is 7.45 Å². The lowest BCUT2D eigenvalue weighted by Crippen LogP contribution is -2.50. The summed E-state index contributed by atoms with van der Waals surface area (Å²) in [6, 6.07) is 0. The fourth-order valence-electron chi connectivity index (χ4n) is 8.51. The van der Waals surface area contributed by atoms with E-state index in [0.29, 0.717) is 18.3 Å². The largest absolute Gasteiger partial charge is 0.393 e. The van der Waals surface area contributed by atoms with Crippen molar-refractivity contribution in [1.82, 2.24) is 0 Å². The molecule has 4 aliphatic carbocycles. The van der Waals surface area contributed by atoms with Crippen molar-refractivity contribution >= 4 is 0 Å². The summed E-state index contributed by atoms with van der Waals surface area (Å²) in [7, 11) is 0. The lowest BCUT2D eigenvalue weighted by molar-refractivity contribution is -0.0573. The summed E-state index contributed by atoms with van der Waals surface area (Å²) < 4.78 is 8.19. The highest BCUT2D eigenvalue weighted by atomic mass is 16.3. The van der Waals surface area contributed by atoms with Crippen LogP contribution in [0, 0.1) is 46.3 Å². The summed E-state index contributed by atoms with van der Waals surface area (Å²) in [5, 5.41) is 10.3. The number of hydrogen-bond acceptors (Lipinski definition) is 1. The summed E-state index contributed by atoms with van der Waals surface area (Å²) in [6.07, 6.45) is 14.6. The molecular formula is C27H46O. The summed E-state index contributed by atoms with van der Waals surface area (Å²) in [5.41, 5.74) is 2.21. The van der Waals surface area contributed by atoms with E-state index in [-0.39, 0.29) is 5.41 Å². The van der Waals surface area contributed by atoms with E-state index >= 15 is 0 Å². The fourth-order valence-corrected chi connectivity index (χ4v) is 8.51. The molecule has 0 heterocycles. The molecule has 0 spiro atoms. The third-order valence-corrected chi connectivity index (χ3v) is 10.2. The van der Waals surface area contributed by atoms with E-state index in [1.807, 2.05) is 0 Å². The van der Waals surface area contributed by atoms with Crippen molar-refractivity contribution < 1.29 is 6.48 Å². The minimum atomic E-state index is -1.22. The van der Waals surface area contributed by atoms with Gasteiger partial charge in [-0.15, -0.1) is 0 Å². The molecule has 4 aliphatic rings. The van der Waals surface area contributed by atoms with Crippen LogP contribution in [-0.2, 0) is 0 Å². The zero-order valence-corrected chi connectivity index (χ0v) is 19.3. The second kappa shape index (κ2) is 7.75. The van der Waals surface area contributed by atoms with Crippen molar-refractivity contribution in [2.24, 2.45) is 46.3 Å². The summed E-state index contributed by atoms with van der Waals surface area (Å²) in [4.78, 5) is 0. The van der Waals surface area contributed by atoms with Crippen LogP contribution in [0.3, 0.4) is 0 Å². The molecule has 0 aliphatic heterocycles. The Bertz CT molecular complexity index is 636. The average Bonchev–Trinajstić information content (AvgIpc) is 2.99. The second-order valence-electron chi connectivity index (χ2n) is 12.0. The van der Waals surface area contributed by atoms with E-state index in [1.165, 1.54) is 56.9 Å². The van der Waals surface area contributed by atoms with Crippen LogP contribution < -0.4 is 0 Å². The van der Waals surface area contributed by atoms with Crippen molar-refractivity contribution in [3.8, 4) is 0 Å². The number of fused-ring (bicyclic) bond motifs is 5. The van der Waals surface area contributed by atoms with Gasteiger partial charge in [0.2, 0.25) is 0 Å². The fraction of sp³-hybridized carbons (Fsp3) is 0.926. The Kier molecular flexibility index (Phi) is 5.44. The Morgan fingerprint density at radius 1 is 1.07 bits per heavy atom. The Labute approximate surface area is 176 Å². The van der Waals surface area contributed by atoms with E-state index < -0.39 is 6.08 Å². The minimum absolute atomic E-state index is 0.249. The second-order valence-corrected chi connectivity index (χ2v) is 12.0. The predicted octanol–water partition coefficient (Wildman–Crippen LogP) is 7.39. The first-order chi connectivity index (χ1) is 13.6. The van der Waals surface area contributed by atoms with Crippen LogP contribution in [0.4, 0.5) is 0 Å². The summed E-state index contributed by atoms with van der Waals surface area (Å²) >= 11 is 0. The van der Waals surface area contributed by atoms with Gasteiger partial charge in [0, 0.05) is 0 Å². The molecule has 0 bridgehead atoms. The van der Waals surface area contributed by atoms with Crippen LogP contribution in [0.25, 0.3) is 0 Å². The predicted molar refractivity (Wildman–Crippen MR) is 119 cm³/mol. The van der Waals surface area contributed by atoms with Crippen molar-refractivity contribution in [2.45, 2.75) is 111 Å². The molecule has 8 atom stereocenters. The maximum Gasteiger partial charge on any atom is 0.0604 e. The van der Waals surface area contributed by atoms with Gasteiger partial charge in [0.25, 0.3) is 0 Å². The number of rotatable bonds is 5. The van der Waals surface area contributed by atoms with Crippen molar-refractivity contribution in [1.29, 1.82) is 0 Å². The van der Waals surface area contributed by atoms with E-state index in [9.17, 15) is 5.11 Å². The molecule has 1 unspecified atom stereocenters. The van der Waals surface area contributed by atoms with Crippen LogP contribution >= 0.6 is 0 Å². The van der Waals surface area contributed by atoms with Gasteiger partial charge >= 0.3 is 0 Å². The van der Waals surface area contributed by atoms with E-state index in [0.717, 1.165) is 41.9 Å². The van der Waals surface area contributed by atoms with Crippen LogP contribution in [0.5, 0.6) is 0 Å². The highest BCUT2D eigenvalue weighted by Gasteiger charge is 2.59. The molecule has 3 fully saturated rings. The minimum Gasteiger partial charge on any atom is -0.393 e. The molecule has 1 N–H and O–H groups in total. The SMILES string of the molecule is [2H]C1(O)CC[C@@]2(C)C(=CC[C@H]3[C@@H]4CC[C@H]([C@H](C)CCCC(C)C)[C@@]4(C)CC[C@@H]32)C1. The van der Waals surface area contributed by atoms with Gasteiger partial charge < -0.3 is 5.11 Å². The molecule has 0 aromatic heterocycles. The first-order valence-electron chi connectivity index (χ1n) is 13.0. The lowest BCUT2D eigenvalue weighted by atomic mass is 9.47. The molecule has 28 heavy (non-hydrogen) atoms. The van der Waals surface area contributed by atoms with Gasteiger partial charge in [-0.3, -0.25) is 0 Å². The molecule has 160 valence electrons. The van der Waals surface area contributed by atoms with Crippen LogP contribution in [0.1, 0.15) is 107 Å². The Hall–Kier alpha value is -0.300. The van der Waals surface area contributed by atoms with Crippen molar-refractivity contribution in [3.05, 3.63) is 11.6 Å². The Balaban J connectivity index is 1.50. The van der Waals surface area contributed by atoms with Crippen LogP contribution in [0.2, 0.25) is 0 Å². The molecule has 3 saturated carbocycles. The number of allylic oxidation sites excluding steroid dienone is 1. The normalized spacial score (nSPS) is 49.7. The molecule has 0 aromatic rings. The zero-order chi connectivity index (χ0) is 21.0. The molecule has 0 radical (unpaired) electrons. The smallest absolute Gasteiger partial charge is 0.0604 e. The lowest BCUT2D eigenvalue weighted by Gasteiger charge is -2.58. The maximum absolute atomic E-state index is 10.3. The summed E-state index contributed by atoms with van der Waals surface area (Å²) in [6.45, 7) is 12.4. The quantitative estimate of drug-likeness (QED) is 0.488. The zero-order valence-electron chi connectivity index (χ0n) is 20.3. The van der Waals surface area contributed by atoms with Crippen molar-refractivity contribution in [3.63, 3.8) is 0 Å². The third-order valence-electron chi connectivity index (χ3n) is 10.2. The molecule has 0 amide bonds. The first kappa shape index (κ1) is 19.7. The molecular weight excluding hydrogens is 340 g/mol. The summed E-state index contributed by atoms with van der Waals surface area (Å²) in [5.74, 6) is 5.15. The highest BCUT2D eigenvalue weighted by Crippen LogP contribution is 2.67. The van der Waals surface area contributed by atoms with Crippen LogP contribution in [-0.4, -0.2) is 11.2 Å². The van der Waals surface area contributed by atoms with E-state index in [2.05, 4.69) is 40.7 Å². The molecule has 0 aromatic carbocycles. The van der Waals surface area contributed by atoms with Gasteiger partial charge in [-0.1, -0.05) is 65.5 Å². The molecule has 1 heteroatoms. The Morgan fingerprint density at radius 2 is 1.86 bits per heavy atom. The van der Waals surface area contributed by atoms with Crippen molar-refractivity contribution in [2.75, 3.05) is 0 Å². The van der Waals surface area contributed by atoms with E-state index in [4.69, 9.17) is 1.37 Å². The number of hydrogen-bond donors (Lipinski definition) is 1. The van der Waals surface area contributed by atoms with Gasteiger partial charge in [0.1, 0.15) is 0 Å². The Morgan fingerprint density at radius 3 is 2.61 bits per heavy atom. The first-order valence-corrected chi connectivity index (χ1v) is 12.5. The van der Waals surface area contributed by atoms with Crippen LogP contribution in [0.15, 0.2) is 11.6 Å².